The first-order chi connectivity index (χ1) is 7.15. The number of aryl methyl sites for hydroxylation is 1. The van der Waals surface area contributed by atoms with E-state index in [-0.39, 0.29) is 0 Å². The van der Waals surface area contributed by atoms with Gasteiger partial charge in [-0.3, -0.25) is 5.10 Å². The highest BCUT2D eigenvalue weighted by Gasteiger charge is 2.15. The summed E-state index contributed by atoms with van der Waals surface area (Å²) in [4.78, 5) is 11.3. The zero-order chi connectivity index (χ0) is 11.0. The first-order valence-corrected chi connectivity index (χ1v) is 4.36. The maximum atomic E-state index is 13.1. The summed E-state index contributed by atoms with van der Waals surface area (Å²) in [5.74, 6) is -0.942. The van der Waals surface area contributed by atoms with Crippen LogP contribution < -0.4 is 0 Å². The van der Waals surface area contributed by atoms with Crippen LogP contribution in [0.2, 0.25) is 0 Å². The highest BCUT2D eigenvalue weighted by Crippen LogP contribution is 2.22. The van der Waals surface area contributed by atoms with Crippen molar-refractivity contribution in [3.05, 3.63) is 29.2 Å². The lowest BCUT2D eigenvalue weighted by molar-refractivity contribution is 0.0600. The molecule has 0 spiro atoms. The van der Waals surface area contributed by atoms with Gasteiger partial charge in [0.05, 0.1) is 23.6 Å². The van der Waals surface area contributed by atoms with Crippen LogP contribution in [0.15, 0.2) is 12.1 Å². The molecular weight excluding hydrogens is 199 g/mol. The molecule has 0 unspecified atom stereocenters. The number of fused-ring (bicyclic) bond motifs is 1. The van der Waals surface area contributed by atoms with E-state index in [9.17, 15) is 9.18 Å². The number of halogens is 1. The van der Waals surface area contributed by atoms with E-state index >= 15 is 0 Å². The molecule has 0 bridgehead atoms. The molecular formula is C10H9FN2O2. The fraction of sp³-hybridized carbons (Fsp3) is 0.200. The molecule has 15 heavy (non-hydrogen) atoms. The number of benzene rings is 1. The number of hydrogen-bond donors (Lipinski definition) is 1. The number of nitrogens with one attached hydrogen (secondary N) is 1. The molecule has 0 radical (unpaired) electrons. The van der Waals surface area contributed by atoms with E-state index in [0.717, 1.165) is 0 Å². The molecule has 1 aromatic carbocycles. The Labute approximate surface area is 85.0 Å². The van der Waals surface area contributed by atoms with Crippen molar-refractivity contribution in [2.45, 2.75) is 6.92 Å². The van der Waals surface area contributed by atoms with Crippen LogP contribution in [0.3, 0.4) is 0 Å². The van der Waals surface area contributed by atoms with Crippen molar-refractivity contribution < 1.29 is 13.9 Å². The van der Waals surface area contributed by atoms with Crippen molar-refractivity contribution >= 4 is 16.9 Å². The first kappa shape index (κ1) is 9.64. The molecule has 2 rings (SSSR count). The molecule has 0 aliphatic carbocycles. The van der Waals surface area contributed by atoms with Gasteiger partial charge in [0.25, 0.3) is 0 Å². The molecule has 0 saturated carbocycles. The topological polar surface area (TPSA) is 55.0 Å². The normalized spacial score (nSPS) is 10.6. The van der Waals surface area contributed by atoms with E-state index in [1.807, 2.05) is 0 Å². The van der Waals surface area contributed by atoms with Crippen molar-refractivity contribution in [1.82, 2.24) is 10.2 Å². The van der Waals surface area contributed by atoms with Gasteiger partial charge in [-0.15, -0.1) is 0 Å². The molecule has 1 aromatic heterocycles. The number of aromatic amines is 1. The predicted octanol–water partition coefficient (Wildman–Crippen LogP) is 1.80. The zero-order valence-electron chi connectivity index (χ0n) is 8.30. The maximum absolute atomic E-state index is 13.1. The molecule has 0 saturated heterocycles. The minimum Gasteiger partial charge on any atom is -0.465 e. The van der Waals surface area contributed by atoms with Crippen LogP contribution in [-0.4, -0.2) is 23.3 Å². The van der Waals surface area contributed by atoms with Gasteiger partial charge in [0, 0.05) is 0 Å². The van der Waals surface area contributed by atoms with Gasteiger partial charge in [-0.1, -0.05) is 0 Å². The minimum absolute atomic E-state index is 0.375. The van der Waals surface area contributed by atoms with Crippen LogP contribution in [0.1, 0.15) is 15.9 Å². The van der Waals surface area contributed by atoms with Gasteiger partial charge in [0.1, 0.15) is 0 Å². The fourth-order valence-corrected chi connectivity index (χ4v) is 1.52. The van der Waals surface area contributed by atoms with E-state index in [1.165, 1.54) is 19.2 Å². The highest BCUT2D eigenvalue weighted by molar-refractivity contribution is 5.97. The van der Waals surface area contributed by atoms with Gasteiger partial charge in [-0.25, -0.2) is 4.79 Å². The van der Waals surface area contributed by atoms with E-state index < -0.39 is 11.9 Å². The molecule has 1 heterocycles. The molecule has 4 nitrogen and oxygen atoms in total. The standard InChI is InChI=1S/C10H9FN2O2/c1-5-6(10(14)15-2)3-4-7-8(5)12-13-9(7)11/h3-4H,1-2H3,(H,12,13). The zero-order valence-corrected chi connectivity index (χ0v) is 8.30. The van der Waals surface area contributed by atoms with Crippen LogP contribution in [0.5, 0.6) is 0 Å². The Bertz CT molecular complexity index is 533. The molecule has 2 aromatic rings. The van der Waals surface area contributed by atoms with Crippen molar-refractivity contribution in [1.29, 1.82) is 0 Å². The third-order valence-electron chi connectivity index (χ3n) is 2.34. The van der Waals surface area contributed by atoms with Gasteiger partial charge in [0.2, 0.25) is 5.95 Å². The van der Waals surface area contributed by atoms with Gasteiger partial charge < -0.3 is 4.74 Å². The summed E-state index contributed by atoms with van der Waals surface area (Å²) in [6, 6.07) is 3.04. The van der Waals surface area contributed by atoms with E-state index in [0.29, 0.717) is 22.0 Å². The number of aromatic nitrogens is 2. The smallest absolute Gasteiger partial charge is 0.338 e. The van der Waals surface area contributed by atoms with E-state index in [4.69, 9.17) is 0 Å². The van der Waals surface area contributed by atoms with Gasteiger partial charge >= 0.3 is 5.97 Å². The monoisotopic (exact) mass is 208 g/mol. The summed E-state index contributed by atoms with van der Waals surface area (Å²) in [7, 11) is 1.30. The summed E-state index contributed by atoms with van der Waals surface area (Å²) in [6.07, 6.45) is 0. The number of rotatable bonds is 1. The van der Waals surface area contributed by atoms with Gasteiger partial charge in [0.15, 0.2) is 0 Å². The van der Waals surface area contributed by atoms with E-state index in [1.54, 1.807) is 6.92 Å². The summed E-state index contributed by atoms with van der Waals surface area (Å²) < 4.78 is 17.7. The largest absolute Gasteiger partial charge is 0.465 e. The van der Waals surface area contributed by atoms with Crippen LogP contribution in [0, 0.1) is 12.9 Å². The number of carbonyl (C=O) groups excluding carboxylic acids is 1. The molecule has 78 valence electrons. The second-order valence-electron chi connectivity index (χ2n) is 3.16. The van der Waals surface area contributed by atoms with Crippen molar-refractivity contribution in [2.75, 3.05) is 7.11 Å². The Kier molecular flexibility index (Phi) is 2.15. The second-order valence-corrected chi connectivity index (χ2v) is 3.16. The number of nitrogens with zero attached hydrogens (tertiary/aromatic N) is 1. The Morgan fingerprint density at radius 2 is 2.27 bits per heavy atom. The van der Waals surface area contributed by atoms with Crippen LogP contribution in [-0.2, 0) is 4.74 Å². The third-order valence-corrected chi connectivity index (χ3v) is 2.34. The number of H-pyrrole nitrogens is 1. The Morgan fingerprint density at radius 3 is 2.93 bits per heavy atom. The summed E-state index contributed by atoms with van der Waals surface area (Å²) in [6.45, 7) is 1.70. The van der Waals surface area contributed by atoms with Crippen molar-refractivity contribution in [2.24, 2.45) is 0 Å². The van der Waals surface area contributed by atoms with Crippen molar-refractivity contribution in [3.8, 4) is 0 Å². The van der Waals surface area contributed by atoms with Gasteiger partial charge in [-0.05, 0) is 24.6 Å². The van der Waals surface area contributed by atoms with Crippen LogP contribution in [0.4, 0.5) is 4.39 Å². The van der Waals surface area contributed by atoms with E-state index in [2.05, 4.69) is 14.9 Å². The van der Waals surface area contributed by atoms with Crippen molar-refractivity contribution in [3.63, 3.8) is 0 Å². The van der Waals surface area contributed by atoms with Crippen LogP contribution >= 0.6 is 0 Å². The molecule has 0 aliphatic rings. The number of methoxy groups -OCH3 is 1. The van der Waals surface area contributed by atoms with Gasteiger partial charge in [-0.2, -0.15) is 9.49 Å². The lowest BCUT2D eigenvalue weighted by Gasteiger charge is -2.03. The Balaban J connectivity index is 2.71. The third kappa shape index (κ3) is 1.36. The minimum atomic E-state index is -0.496. The number of ether oxygens (including phenoxy) is 1. The molecule has 5 heteroatoms. The highest BCUT2D eigenvalue weighted by atomic mass is 19.1. The summed E-state index contributed by atoms with van der Waals surface area (Å²) >= 11 is 0. The summed E-state index contributed by atoms with van der Waals surface area (Å²) in [5, 5.41) is 6.40. The fourth-order valence-electron chi connectivity index (χ4n) is 1.52. The Hall–Kier alpha value is -1.91. The average molecular weight is 208 g/mol. The predicted molar refractivity (Wildman–Crippen MR) is 52.1 cm³/mol. The quantitative estimate of drug-likeness (QED) is 0.727. The maximum Gasteiger partial charge on any atom is 0.338 e. The molecule has 0 aliphatic heterocycles. The van der Waals surface area contributed by atoms with Crippen LogP contribution in [0.25, 0.3) is 10.9 Å². The molecule has 0 atom stereocenters. The first-order valence-electron chi connectivity index (χ1n) is 4.36. The lowest BCUT2D eigenvalue weighted by Crippen LogP contribution is -2.03. The number of carbonyl (C=O) groups is 1. The molecule has 0 fully saturated rings. The average Bonchev–Trinajstić information content (AvgIpc) is 2.61. The SMILES string of the molecule is COC(=O)c1ccc2c(F)[nH]nc2c1C. The second kappa shape index (κ2) is 3.34. The molecule has 1 N–H and O–H groups in total. The molecule has 0 amide bonds. The number of esters is 1. The lowest BCUT2D eigenvalue weighted by atomic mass is 10.1. The summed E-state index contributed by atoms with van der Waals surface area (Å²) in [5.41, 5.74) is 1.46. The number of hydrogen-bond acceptors (Lipinski definition) is 3. The Morgan fingerprint density at radius 1 is 1.53 bits per heavy atom.